The molecule has 0 aliphatic heterocycles. The lowest BCUT2D eigenvalue weighted by Gasteiger charge is -2.11. The molecule has 1 atom stereocenters. The van der Waals surface area contributed by atoms with E-state index in [2.05, 4.69) is 10.3 Å². The van der Waals surface area contributed by atoms with Crippen LogP contribution >= 0.6 is 11.3 Å². The molecule has 0 saturated heterocycles. The van der Waals surface area contributed by atoms with Gasteiger partial charge in [0.05, 0.1) is 5.01 Å². The molecule has 1 heterocycles. The van der Waals surface area contributed by atoms with Crippen LogP contribution in [0.2, 0.25) is 0 Å². The zero-order valence-corrected chi connectivity index (χ0v) is 11.1. The zero-order chi connectivity index (χ0) is 13.8. The summed E-state index contributed by atoms with van der Waals surface area (Å²) in [4.78, 5) is 16.0. The third-order valence-corrected chi connectivity index (χ3v) is 3.67. The Labute approximate surface area is 113 Å². The maximum absolute atomic E-state index is 13.5. The monoisotopic (exact) mass is 280 g/mol. The summed E-state index contributed by atoms with van der Waals surface area (Å²) in [6, 6.07) is 3.76. The molecule has 1 amide bonds. The fourth-order valence-electron chi connectivity index (χ4n) is 1.64. The Morgan fingerprint density at radius 2 is 2.37 bits per heavy atom. The molecule has 2 rings (SSSR count). The number of phenols is 1. The fourth-order valence-corrected chi connectivity index (χ4v) is 2.34. The number of carbonyl (C=O) groups is 1. The van der Waals surface area contributed by atoms with Crippen LogP contribution in [0.25, 0.3) is 0 Å². The van der Waals surface area contributed by atoms with Crippen LogP contribution in [0, 0.1) is 5.82 Å². The van der Waals surface area contributed by atoms with E-state index in [9.17, 15) is 14.3 Å². The van der Waals surface area contributed by atoms with Crippen molar-refractivity contribution >= 4 is 17.2 Å². The minimum atomic E-state index is -0.737. The van der Waals surface area contributed by atoms with Gasteiger partial charge in [0.1, 0.15) is 17.1 Å². The normalized spacial score (nSPS) is 12.1. The van der Waals surface area contributed by atoms with E-state index in [4.69, 9.17) is 0 Å². The number of hydrogen-bond donors (Lipinski definition) is 2. The lowest BCUT2D eigenvalue weighted by molar-refractivity contribution is 0.0944. The molecule has 1 aromatic carbocycles. The Kier molecular flexibility index (Phi) is 4.11. The van der Waals surface area contributed by atoms with E-state index in [1.807, 2.05) is 12.3 Å². The number of halogens is 1. The highest BCUT2D eigenvalue weighted by Gasteiger charge is 2.17. The summed E-state index contributed by atoms with van der Waals surface area (Å²) < 4.78 is 13.5. The van der Waals surface area contributed by atoms with E-state index in [1.54, 1.807) is 6.20 Å². The molecule has 0 aliphatic carbocycles. The van der Waals surface area contributed by atoms with Crippen molar-refractivity contribution in [1.82, 2.24) is 10.3 Å². The van der Waals surface area contributed by atoms with Gasteiger partial charge in [0.2, 0.25) is 0 Å². The van der Waals surface area contributed by atoms with Gasteiger partial charge in [-0.15, -0.1) is 11.3 Å². The Balaban J connectivity index is 2.02. The Hall–Kier alpha value is -1.95. The molecule has 0 bridgehead atoms. The first-order valence-electron chi connectivity index (χ1n) is 5.74. The highest BCUT2D eigenvalue weighted by atomic mass is 32.1. The number of amides is 1. The topological polar surface area (TPSA) is 62.2 Å². The molecule has 2 aromatic rings. The first-order valence-corrected chi connectivity index (χ1v) is 6.62. The van der Waals surface area contributed by atoms with Crippen molar-refractivity contribution in [3.05, 3.63) is 46.2 Å². The van der Waals surface area contributed by atoms with Gasteiger partial charge in [-0.3, -0.25) is 4.79 Å². The second-order valence-electron chi connectivity index (χ2n) is 4.12. The predicted octanol–water partition coefficient (Wildman–Crippen LogP) is 2.52. The summed E-state index contributed by atoms with van der Waals surface area (Å²) in [5.41, 5.74) is -0.325. The van der Waals surface area contributed by atoms with Crippen LogP contribution in [-0.2, 0) is 0 Å². The van der Waals surface area contributed by atoms with E-state index >= 15 is 0 Å². The van der Waals surface area contributed by atoms with Gasteiger partial charge in [-0.05, 0) is 12.1 Å². The van der Waals surface area contributed by atoms with E-state index in [0.717, 1.165) is 11.1 Å². The van der Waals surface area contributed by atoms with E-state index in [-0.39, 0.29) is 17.2 Å². The molecule has 19 heavy (non-hydrogen) atoms. The zero-order valence-electron chi connectivity index (χ0n) is 10.3. The van der Waals surface area contributed by atoms with Gasteiger partial charge in [-0.25, -0.2) is 9.37 Å². The SMILES string of the molecule is CC(CNC(=O)c1c(O)cccc1F)c1nccs1. The van der Waals surface area contributed by atoms with E-state index < -0.39 is 11.7 Å². The lowest BCUT2D eigenvalue weighted by atomic mass is 10.1. The Morgan fingerprint density at radius 1 is 1.58 bits per heavy atom. The first-order chi connectivity index (χ1) is 9.09. The smallest absolute Gasteiger partial charge is 0.258 e. The average Bonchev–Trinajstić information content (AvgIpc) is 2.89. The molecule has 1 unspecified atom stereocenters. The highest BCUT2D eigenvalue weighted by molar-refractivity contribution is 7.09. The van der Waals surface area contributed by atoms with Crippen molar-refractivity contribution in [2.75, 3.05) is 6.54 Å². The quantitative estimate of drug-likeness (QED) is 0.904. The van der Waals surface area contributed by atoms with Gasteiger partial charge in [-0.1, -0.05) is 13.0 Å². The minimum Gasteiger partial charge on any atom is -0.507 e. The highest BCUT2D eigenvalue weighted by Crippen LogP contribution is 2.20. The maximum Gasteiger partial charge on any atom is 0.258 e. The number of phenolic OH excluding ortho intramolecular Hbond substituents is 1. The molecule has 0 radical (unpaired) electrons. The van der Waals surface area contributed by atoms with Gasteiger partial charge in [0.15, 0.2) is 0 Å². The largest absolute Gasteiger partial charge is 0.507 e. The molecule has 0 spiro atoms. The predicted molar refractivity (Wildman–Crippen MR) is 70.9 cm³/mol. The van der Waals surface area contributed by atoms with Gasteiger partial charge in [-0.2, -0.15) is 0 Å². The third-order valence-electron chi connectivity index (χ3n) is 2.66. The van der Waals surface area contributed by atoms with Crippen molar-refractivity contribution < 1.29 is 14.3 Å². The second kappa shape index (κ2) is 5.79. The second-order valence-corrected chi connectivity index (χ2v) is 5.04. The molecule has 0 fully saturated rings. The van der Waals surface area contributed by atoms with Crippen LogP contribution in [0.1, 0.15) is 28.2 Å². The van der Waals surface area contributed by atoms with Crippen molar-refractivity contribution in [1.29, 1.82) is 0 Å². The Morgan fingerprint density at radius 3 is 3.00 bits per heavy atom. The number of hydrogen-bond acceptors (Lipinski definition) is 4. The maximum atomic E-state index is 13.5. The standard InChI is InChI=1S/C13H13FN2O2S/c1-8(13-15-5-6-19-13)7-16-12(18)11-9(14)3-2-4-10(11)17/h2-6,8,17H,7H2,1H3,(H,16,18). The lowest BCUT2D eigenvalue weighted by Crippen LogP contribution is -2.28. The minimum absolute atomic E-state index is 0.0397. The van der Waals surface area contributed by atoms with Crippen molar-refractivity contribution in [2.45, 2.75) is 12.8 Å². The molecule has 100 valence electrons. The first kappa shape index (κ1) is 13.5. The summed E-state index contributed by atoms with van der Waals surface area (Å²) in [5.74, 6) is -1.68. The van der Waals surface area contributed by atoms with E-state index in [1.165, 1.54) is 23.5 Å². The average molecular weight is 280 g/mol. The number of nitrogens with zero attached hydrogens (tertiary/aromatic N) is 1. The van der Waals surface area contributed by atoms with Crippen LogP contribution in [-0.4, -0.2) is 22.5 Å². The number of nitrogens with one attached hydrogen (secondary N) is 1. The number of thiazole rings is 1. The van der Waals surface area contributed by atoms with Gasteiger partial charge < -0.3 is 10.4 Å². The van der Waals surface area contributed by atoms with Crippen LogP contribution < -0.4 is 5.32 Å². The number of rotatable bonds is 4. The van der Waals surface area contributed by atoms with Gasteiger partial charge >= 0.3 is 0 Å². The molecular formula is C13H13FN2O2S. The summed E-state index contributed by atoms with van der Waals surface area (Å²) in [7, 11) is 0. The summed E-state index contributed by atoms with van der Waals surface area (Å²) in [6.45, 7) is 2.25. The van der Waals surface area contributed by atoms with Crippen molar-refractivity contribution in [3.8, 4) is 5.75 Å². The number of benzene rings is 1. The van der Waals surface area contributed by atoms with Crippen LogP contribution in [0.4, 0.5) is 4.39 Å². The molecular weight excluding hydrogens is 267 g/mol. The van der Waals surface area contributed by atoms with Crippen molar-refractivity contribution in [2.24, 2.45) is 0 Å². The molecule has 4 nitrogen and oxygen atoms in total. The molecule has 0 saturated carbocycles. The summed E-state index contributed by atoms with van der Waals surface area (Å²) in [6.07, 6.45) is 1.70. The van der Waals surface area contributed by atoms with Gasteiger partial charge in [0, 0.05) is 24.0 Å². The van der Waals surface area contributed by atoms with Gasteiger partial charge in [0.25, 0.3) is 5.91 Å². The Bertz CT molecular complexity index is 552. The fraction of sp³-hybridized carbons (Fsp3) is 0.231. The molecule has 2 N–H and O–H groups in total. The third kappa shape index (κ3) is 3.08. The molecule has 1 aromatic heterocycles. The van der Waals surface area contributed by atoms with Crippen LogP contribution in [0.3, 0.4) is 0 Å². The summed E-state index contributed by atoms with van der Waals surface area (Å²) >= 11 is 1.50. The number of aromatic hydroxyl groups is 1. The molecule has 0 aliphatic rings. The number of aromatic nitrogens is 1. The summed E-state index contributed by atoms with van der Waals surface area (Å²) in [5, 5.41) is 14.9. The van der Waals surface area contributed by atoms with Crippen LogP contribution in [0.15, 0.2) is 29.8 Å². The van der Waals surface area contributed by atoms with Crippen LogP contribution in [0.5, 0.6) is 5.75 Å². The number of carbonyl (C=O) groups excluding carboxylic acids is 1. The van der Waals surface area contributed by atoms with Crippen molar-refractivity contribution in [3.63, 3.8) is 0 Å². The molecule has 6 heteroatoms. The van der Waals surface area contributed by atoms with E-state index in [0.29, 0.717) is 6.54 Å².